The number of nitrogens with two attached hydrogens (primary N) is 1. The molecule has 0 unspecified atom stereocenters. The molecule has 0 aliphatic carbocycles. The molecule has 20 heavy (non-hydrogen) atoms. The maximum Gasteiger partial charge on any atom is 0.407 e. The van der Waals surface area contributed by atoms with Crippen LogP contribution >= 0.6 is 11.6 Å². The summed E-state index contributed by atoms with van der Waals surface area (Å²) >= 11 is 5.92. The van der Waals surface area contributed by atoms with Gasteiger partial charge in [0.05, 0.1) is 10.7 Å². The lowest BCUT2D eigenvalue weighted by molar-refractivity contribution is 0.0534. The van der Waals surface area contributed by atoms with Gasteiger partial charge in [-0.15, -0.1) is 0 Å². The molecule has 3 N–H and O–H groups in total. The van der Waals surface area contributed by atoms with Gasteiger partial charge in [-0.2, -0.15) is 0 Å². The van der Waals surface area contributed by atoms with Crippen LogP contribution in [0.15, 0.2) is 18.2 Å². The van der Waals surface area contributed by atoms with E-state index in [1.165, 1.54) is 12.1 Å². The maximum atomic E-state index is 13.3. The number of halogens is 2. The normalized spacial score (nSPS) is 11.7. The Kier molecular flexibility index (Phi) is 5.39. The van der Waals surface area contributed by atoms with E-state index in [1.54, 1.807) is 32.9 Å². The number of benzene rings is 1. The van der Waals surface area contributed by atoms with E-state index >= 15 is 0 Å². The van der Waals surface area contributed by atoms with E-state index in [2.05, 4.69) is 5.32 Å². The first-order chi connectivity index (χ1) is 9.19. The minimum absolute atomic E-state index is 0.000898. The zero-order valence-corrected chi connectivity index (χ0v) is 12.4. The van der Waals surface area contributed by atoms with E-state index in [-0.39, 0.29) is 12.2 Å². The molecule has 1 rings (SSSR count). The van der Waals surface area contributed by atoms with Gasteiger partial charge in [-0.1, -0.05) is 23.8 Å². The van der Waals surface area contributed by atoms with Gasteiger partial charge in [0, 0.05) is 6.54 Å². The average molecular weight is 301 g/mol. The van der Waals surface area contributed by atoms with Crippen LogP contribution in [0.1, 0.15) is 26.3 Å². The van der Waals surface area contributed by atoms with Gasteiger partial charge in [0.1, 0.15) is 11.4 Å². The zero-order chi connectivity index (χ0) is 15.3. The van der Waals surface area contributed by atoms with E-state index < -0.39 is 17.5 Å². The van der Waals surface area contributed by atoms with Crippen molar-refractivity contribution in [3.63, 3.8) is 0 Å². The Bertz CT molecular complexity index is 525. The first-order valence-electron chi connectivity index (χ1n) is 6.07. The fraction of sp³-hybridized carbons (Fsp3) is 0.357. The molecule has 0 aliphatic heterocycles. The standard InChI is InChI=1S/C14H18ClFN2O2/c1-14(2,3)20-13(19)18-6-4-5-9-7-11(16)12(17)8-10(9)15/h4-5,7-8H,6,17H2,1-3H3,(H,18,19). The van der Waals surface area contributed by atoms with Crippen LogP contribution in [0, 0.1) is 5.82 Å². The lowest BCUT2D eigenvalue weighted by Gasteiger charge is -2.19. The van der Waals surface area contributed by atoms with Gasteiger partial charge in [0.25, 0.3) is 0 Å². The van der Waals surface area contributed by atoms with Crippen LogP contribution in [-0.4, -0.2) is 18.2 Å². The minimum Gasteiger partial charge on any atom is -0.444 e. The van der Waals surface area contributed by atoms with Crippen LogP contribution in [-0.2, 0) is 4.74 Å². The SMILES string of the molecule is CC(C)(C)OC(=O)NCC=Cc1cc(F)c(N)cc1Cl. The molecule has 1 aromatic rings. The number of rotatable bonds is 3. The lowest BCUT2D eigenvalue weighted by Crippen LogP contribution is -2.32. The summed E-state index contributed by atoms with van der Waals surface area (Å²) in [6, 6.07) is 2.58. The van der Waals surface area contributed by atoms with Crippen molar-refractivity contribution in [2.75, 3.05) is 12.3 Å². The molecule has 0 spiro atoms. The summed E-state index contributed by atoms with van der Waals surface area (Å²) in [4.78, 5) is 11.4. The van der Waals surface area contributed by atoms with Crippen molar-refractivity contribution in [1.29, 1.82) is 0 Å². The molecule has 6 heteroatoms. The predicted octanol–water partition coefficient (Wildman–Crippen LogP) is 3.60. The van der Waals surface area contributed by atoms with Crippen LogP contribution < -0.4 is 11.1 Å². The molecule has 0 aliphatic rings. The number of amides is 1. The quantitative estimate of drug-likeness (QED) is 0.838. The molecule has 0 heterocycles. The summed E-state index contributed by atoms with van der Waals surface area (Å²) in [5.41, 5.74) is 5.33. The summed E-state index contributed by atoms with van der Waals surface area (Å²) in [7, 11) is 0. The second-order valence-electron chi connectivity index (χ2n) is 5.18. The first kappa shape index (κ1) is 16.3. The number of anilines is 1. The third-order valence-electron chi connectivity index (χ3n) is 2.18. The van der Waals surface area contributed by atoms with Crippen molar-refractivity contribution in [2.45, 2.75) is 26.4 Å². The fourth-order valence-electron chi connectivity index (χ4n) is 1.35. The van der Waals surface area contributed by atoms with E-state index in [1.807, 2.05) is 0 Å². The second-order valence-corrected chi connectivity index (χ2v) is 5.59. The number of ether oxygens (including phenoxy) is 1. The number of nitrogen functional groups attached to an aromatic ring is 1. The highest BCUT2D eigenvalue weighted by atomic mass is 35.5. The largest absolute Gasteiger partial charge is 0.444 e. The molecule has 1 amide bonds. The minimum atomic E-state index is -0.544. The molecule has 0 fully saturated rings. The van der Waals surface area contributed by atoms with Gasteiger partial charge in [-0.05, 0) is 38.5 Å². The molecular formula is C14H18ClFN2O2. The Morgan fingerprint density at radius 1 is 1.50 bits per heavy atom. The Morgan fingerprint density at radius 2 is 2.15 bits per heavy atom. The van der Waals surface area contributed by atoms with Crippen molar-refractivity contribution >= 4 is 29.5 Å². The Morgan fingerprint density at radius 3 is 2.75 bits per heavy atom. The number of carbonyl (C=O) groups is 1. The molecular weight excluding hydrogens is 283 g/mol. The molecule has 1 aromatic carbocycles. The van der Waals surface area contributed by atoms with Gasteiger partial charge in [-0.25, -0.2) is 9.18 Å². The lowest BCUT2D eigenvalue weighted by atomic mass is 10.2. The highest BCUT2D eigenvalue weighted by Crippen LogP contribution is 2.23. The van der Waals surface area contributed by atoms with Crippen molar-refractivity contribution < 1.29 is 13.9 Å². The predicted molar refractivity (Wildman–Crippen MR) is 79.1 cm³/mol. The average Bonchev–Trinajstić information content (AvgIpc) is 2.28. The molecule has 0 saturated carbocycles. The van der Waals surface area contributed by atoms with Crippen molar-refractivity contribution in [3.8, 4) is 0 Å². The van der Waals surface area contributed by atoms with E-state index in [9.17, 15) is 9.18 Å². The second kappa shape index (κ2) is 6.61. The Balaban J connectivity index is 2.54. The number of carbonyl (C=O) groups excluding carboxylic acids is 1. The number of alkyl carbamates (subject to hydrolysis) is 1. The van der Waals surface area contributed by atoms with Crippen LogP contribution in [0.25, 0.3) is 6.08 Å². The molecule has 0 radical (unpaired) electrons. The summed E-state index contributed by atoms with van der Waals surface area (Å²) in [6.45, 7) is 5.58. The number of hydrogen-bond donors (Lipinski definition) is 2. The molecule has 0 atom stereocenters. The topological polar surface area (TPSA) is 64.3 Å². The third-order valence-corrected chi connectivity index (χ3v) is 2.50. The van der Waals surface area contributed by atoms with Crippen molar-refractivity contribution in [2.24, 2.45) is 0 Å². The Labute approximate surface area is 122 Å². The monoisotopic (exact) mass is 300 g/mol. The molecule has 0 saturated heterocycles. The van der Waals surface area contributed by atoms with Crippen LogP contribution in [0.2, 0.25) is 5.02 Å². The van der Waals surface area contributed by atoms with Crippen LogP contribution in [0.4, 0.5) is 14.9 Å². The van der Waals surface area contributed by atoms with Crippen LogP contribution in [0.5, 0.6) is 0 Å². The highest BCUT2D eigenvalue weighted by molar-refractivity contribution is 6.32. The van der Waals surface area contributed by atoms with Gasteiger partial charge >= 0.3 is 6.09 Å². The van der Waals surface area contributed by atoms with E-state index in [4.69, 9.17) is 22.1 Å². The molecule has 0 bridgehead atoms. The summed E-state index contributed by atoms with van der Waals surface area (Å²) in [6.07, 6.45) is 2.72. The van der Waals surface area contributed by atoms with Gasteiger partial charge in [-0.3, -0.25) is 0 Å². The Hall–Kier alpha value is -1.75. The van der Waals surface area contributed by atoms with Gasteiger partial charge in [0.2, 0.25) is 0 Å². The van der Waals surface area contributed by atoms with Gasteiger partial charge < -0.3 is 15.8 Å². The summed E-state index contributed by atoms with van der Waals surface area (Å²) in [5.74, 6) is -0.533. The maximum absolute atomic E-state index is 13.3. The molecule has 110 valence electrons. The van der Waals surface area contributed by atoms with Crippen molar-refractivity contribution in [1.82, 2.24) is 5.32 Å². The summed E-state index contributed by atoms with van der Waals surface area (Å²) < 4.78 is 18.3. The zero-order valence-electron chi connectivity index (χ0n) is 11.7. The van der Waals surface area contributed by atoms with E-state index in [0.29, 0.717) is 10.6 Å². The van der Waals surface area contributed by atoms with E-state index in [0.717, 1.165) is 0 Å². The number of hydrogen-bond acceptors (Lipinski definition) is 3. The smallest absolute Gasteiger partial charge is 0.407 e. The highest BCUT2D eigenvalue weighted by Gasteiger charge is 2.15. The first-order valence-corrected chi connectivity index (χ1v) is 6.45. The fourth-order valence-corrected chi connectivity index (χ4v) is 1.58. The van der Waals surface area contributed by atoms with Gasteiger partial charge in [0.15, 0.2) is 0 Å². The summed E-state index contributed by atoms with van der Waals surface area (Å²) in [5, 5.41) is 2.89. The molecule has 4 nitrogen and oxygen atoms in total. The van der Waals surface area contributed by atoms with Crippen molar-refractivity contribution in [3.05, 3.63) is 34.6 Å². The molecule has 0 aromatic heterocycles. The number of nitrogens with one attached hydrogen (secondary N) is 1. The third kappa shape index (κ3) is 5.48. The van der Waals surface area contributed by atoms with Crippen LogP contribution in [0.3, 0.4) is 0 Å².